The van der Waals surface area contributed by atoms with Gasteiger partial charge in [-0.05, 0) is 56.4 Å². The van der Waals surface area contributed by atoms with E-state index >= 15 is 0 Å². The van der Waals surface area contributed by atoms with E-state index in [-0.39, 0.29) is 0 Å². The number of para-hydroxylation sites is 1. The maximum Gasteiger partial charge on any atom is 0.347 e. The fourth-order valence-electron chi connectivity index (χ4n) is 3.12. The maximum absolute atomic E-state index is 12.8. The third-order valence-electron chi connectivity index (χ3n) is 4.88. The smallest absolute Gasteiger partial charge is 0.343 e. The number of likely N-dealkylation sites (N-methyl/N-ethyl adjacent to an activating group) is 1. The van der Waals surface area contributed by atoms with Crippen LogP contribution < -0.4 is 10.2 Å². The highest BCUT2D eigenvalue weighted by molar-refractivity contribution is 7.80. The van der Waals surface area contributed by atoms with Crippen LogP contribution in [0, 0.1) is 0 Å². The molecule has 0 saturated carbocycles. The molecule has 0 aromatic heterocycles. The summed E-state index contributed by atoms with van der Waals surface area (Å²) < 4.78 is 0. The van der Waals surface area contributed by atoms with E-state index < -0.39 is 17.7 Å². The first kappa shape index (κ1) is 20.7. The normalized spacial score (nSPS) is 18.4. The Morgan fingerprint density at radius 1 is 1.18 bits per heavy atom. The largest absolute Gasteiger partial charge is 0.347 e. The number of hydrogen-bond acceptors (Lipinski definition) is 3. The van der Waals surface area contributed by atoms with Gasteiger partial charge in [0.05, 0.1) is 15.6 Å². The molecule has 3 rings (SSSR count). The van der Waals surface area contributed by atoms with Gasteiger partial charge in [0.2, 0.25) is 0 Å². The Morgan fingerprint density at radius 3 is 2.43 bits per heavy atom. The summed E-state index contributed by atoms with van der Waals surface area (Å²) in [5.41, 5.74) is 0.532. The number of halogens is 2. The summed E-state index contributed by atoms with van der Waals surface area (Å²) in [4.78, 5) is 16.4. The molecule has 148 valence electrons. The monoisotopic (exact) mass is 438 g/mol. The minimum atomic E-state index is -0.754. The second kappa shape index (κ2) is 7.75. The molecule has 0 radical (unpaired) electrons. The topological polar surface area (TPSA) is 59.1 Å². The van der Waals surface area contributed by atoms with E-state index in [2.05, 4.69) is 5.32 Å². The Labute approximate surface area is 179 Å². The number of anilines is 2. The van der Waals surface area contributed by atoms with E-state index in [9.17, 15) is 10.0 Å². The van der Waals surface area contributed by atoms with Crippen molar-refractivity contribution in [3.8, 4) is 0 Å². The highest BCUT2D eigenvalue weighted by Crippen LogP contribution is 2.37. The van der Waals surface area contributed by atoms with Crippen LogP contribution in [0.5, 0.6) is 0 Å². The van der Waals surface area contributed by atoms with Gasteiger partial charge in [0.1, 0.15) is 0 Å². The van der Waals surface area contributed by atoms with Crippen LogP contribution in [0.2, 0.25) is 10.0 Å². The molecular formula is C19H20Cl2N4O2S. The van der Waals surface area contributed by atoms with E-state index in [0.717, 1.165) is 5.69 Å². The van der Waals surface area contributed by atoms with Crippen LogP contribution >= 0.6 is 35.4 Å². The summed E-state index contributed by atoms with van der Waals surface area (Å²) in [6.07, 6.45) is -0.754. The van der Waals surface area contributed by atoms with Crippen LogP contribution in [0.25, 0.3) is 0 Å². The second-order valence-corrected chi connectivity index (χ2v) is 8.16. The number of hydroxylamine groups is 2. The summed E-state index contributed by atoms with van der Waals surface area (Å²) in [7, 11) is 1.84. The molecule has 2 N–H and O–H groups in total. The standard InChI is InChI=1S/C19H20Cl2N4O2S/c1-19(2)16(24(18(28)23(19)3)13-7-5-4-6-8-13)25(27)17(26)22-12-9-10-14(20)15(21)11-12/h4-11,16,27H,1-3H3,(H,22,26)/t16-/m1/s1. The average molecular weight is 439 g/mol. The number of carbonyl (C=O) groups excluding carboxylic acids is 1. The van der Waals surface area contributed by atoms with E-state index in [1.54, 1.807) is 17.0 Å². The number of thiocarbonyl (C=S) groups is 1. The van der Waals surface area contributed by atoms with Gasteiger partial charge in [-0.25, -0.2) is 4.79 Å². The van der Waals surface area contributed by atoms with Crippen molar-refractivity contribution < 1.29 is 10.0 Å². The van der Waals surface area contributed by atoms with Crippen molar-refractivity contribution in [2.75, 3.05) is 17.3 Å². The summed E-state index contributed by atoms with van der Waals surface area (Å²) in [5.74, 6) is 0. The summed E-state index contributed by atoms with van der Waals surface area (Å²) in [6.45, 7) is 3.81. The lowest BCUT2D eigenvalue weighted by Crippen LogP contribution is -2.57. The molecule has 2 aromatic carbocycles. The molecule has 9 heteroatoms. The number of nitrogens with one attached hydrogen (secondary N) is 1. The minimum absolute atomic E-state index is 0.303. The van der Waals surface area contributed by atoms with Gasteiger partial charge in [-0.3, -0.25) is 10.1 Å². The zero-order valence-corrected chi connectivity index (χ0v) is 17.9. The molecule has 1 aliphatic rings. The van der Waals surface area contributed by atoms with E-state index in [4.69, 9.17) is 35.4 Å². The lowest BCUT2D eigenvalue weighted by Gasteiger charge is -2.38. The van der Waals surface area contributed by atoms with Crippen molar-refractivity contribution in [1.29, 1.82) is 0 Å². The van der Waals surface area contributed by atoms with Crippen LogP contribution in [-0.4, -0.2) is 45.1 Å². The first-order valence-electron chi connectivity index (χ1n) is 8.51. The van der Waals surface area contributed by atoms with Gasteiger partial charge in [-0.1, -0.05) is 41.4 Å². The van der Waals surface area contributed by atoms with E-state index in [0.29, 0.717) is 25.9 Å². The molecule has 1 heterocycles. The van der Waals surface area contributed by atoms with Crippen LogP contribution in [0.3, 0.4) is 0 Å². The van der Waals surface area contributed by atoms with Crippen LogP contribution in [0.15, 0.2) is 48.5 Å². The van der Waals surface area contributed by atoms with Gasteiger partial charge in [-0.15, -0.1) is 0 Å². The molecule has 1 fully saturated rings. The Hall–Kier alpha value is -2.06. The summed E-state index contributed by atoms with van der Waals surface area (Å²) in [6, 6.07) is 13.4. The number of rotatable bonds is 3. The molecule has 2 aromatic rings. The highest BCUT2D eigenvalue weighted by Gasteiger charge is 2.52. The second-order valence-electron chi connectivity index (χ2n) is 6.98. The first-order valence-corrected chi connectivity index (χ1v) is 9.67. The number of urea groups is 1. The van der Waals surface area contributed by atoms with E-state index in [1.165, 1.54) is 6.07 Å². The van der Waals surface area contributed by atoms with Crippen LogP contribution in [0.4, 0.5) is 16.2 Å². The predicted octanol–water partition coefficient (Wildman–Crippen LogP) is 5.06. The van der Waals surface area contributed by atoms with Gasteiger partial charge in [0.15, 0.2) is 11.3 Å². The maximum atomic E-state index is 12.8. The molecule has 1 aliphatic heterocycles. The van der Waals surface area contributed by atoms with Crippen molar-refractivity contribution in [2.45, 2.75) is 25.6 Å². The Morgan fingerprint density at radius 2 is 1.82 bits per heavy atom. The number of benzene rings is 2. The van der Waals surface area contributed by atoms with Gasteiger partial charge < -0.3 is 10.2 Å². The number of carbonyl (C=O) groups is 1. The van der Waals surface area contributed by atoms with Gasteiger partial charge >= 0.3 is 6.03 Å². The molecule has 28 heavy (non-hydrogen) atoms. The fraction of sp³-hybridized carbons (Fsp3) is 0.263. The number of hydrogen-bond donors (Lipinski definition) is 2. The zero-order chi connectivity index (χ0) is 20.6. The predicted molar refractivity (Wildman–Crippen MR) is 116 cm³/mol. The SMILES string of the molecule is CN1C(=S)N(c2ccccc2)[C@H](N(O)C(=O)Nc2ccc(Cl)c(Cl)c2)C1(C)C. The number of amides is 2. The van der Waals surface area contributed by atoms with Crippen molar-refractivity contribution in [3.63, 3.8) is 0 Å². The Bertz CT molecular complexity index is 910. The van der Waals surface area contributed by atoms with Crippen LogP contribution in [0.1, 0.15) is 13.8 Å². The molecule has 6 nitrogen and oxygen atoms in total. The Balaban J connectivity index is 1.92. The van der Waals surface area contributed by atoms with Crippen molar-refractivity contribution in [2.24, 2.45) is 0 Å². The molecule has 2 amide bonds. The first-order chi connectivity index (χ1) is 13.1. The molecule has 0 spiro atoms. The zero-order valence-electron chi connectivity index (χ0n) is 15.6. The molecule has 0 unspecified atom stereocenters. The lowest BCUT2D eigenvalue weighted by molar-refractivity contribution is -0.0931. The highest BCUT2D eigenvalue weighted by atomic mass is 35.5. The van der Waals surface area contributed by atoms with Crippen molar-refractivity contribution >= 4 is 57.9 Å². The van der Waals surface area contributed by atoms with Crippen molar-refractivity contribution in [1.82, 2.24) is 9.96 Å². The van der Waals surface area contributed by atoms with E-state index in [1.807, 2.05) is 56.1 Å². The molecule has 1 saturated heterocycles. The average Bonchev–Trinajstić information content (AvgIpc) is 2.84. The summed E-state index contributed by atoms with van der Waals surface area (Å²) in [5, 5.41) is 15.3. The number of nitrogens with zero attached hydrogens (tertiary/aromatic N) is 3. The fourth-order valence-corrected chi connectivity index (χ4v) is 3.86. The van der Waals surface area contributed by atoms with Crippen molar-refractivity contribution in [3.05, 3.63) is 58.6 Å². The van der Waals surface area contributed by atoms with Crippen LogP contribution in [-0.2, 0) is 0 Å². The van der Waals surface area contributed by atoms with Gasteiger partial charge in [0.25, 0.3) is 0 Å². The molecule has 0 bridgehead atoms. The molecule has 0 aliphatic carbocycles. The molecular weight excluding hydrogens is 419 g/mol. The third kappa shape index (κ3) is 3.63. The van der Waals surface area contributed by atoms with Gasteiger partial charge in [0, 0.05) is 18.4 Å². The van der Waals surface area contributed by atoms with Gasteiger partial charge in [-0.2, -0.15) is 5.06 Å². The minimum Gasteiger partial charge on any atom is -0.343 e. The lowest BCUT2D eigenvalue weighted by atomic mass is 10.0. The Kier molecular flexibility index (Phi) is 5.72. The molecule has 1 atom stereocenters. The quantitative estimate of drug-likeness (QED) is 0.398. The third-order valence-corrected chi connectivity index (χ3v) is 6.09. The summed E-state index contributed by atoms with van der Waals surface area (Å²) >= 11 is 17.5.